The lowest BCUT2D eigenvalue weighted by Gasteiger charge is -2.15. The van der Waals surface area contributed by atoms with E-state index in [-0.39, 0.29) is 12.3 Å². The van der Waals surface area contributed by atoms with Crippen LogP contribution in [0.15, 0.2) is 65.4 Å². The summed E-state index contributed by atoms with van der Waals surface area (Å²) in [7, 11) is 0. The first-order chi connectivity index (χ1) is 14.6. The van der Waals surface area contributed by atoms with Crippen LogP contribution in [0.1, 0.15) is 23.6 Å². The topological polar surface area (TPSA) is 86.5 Å². The Morgan fingerprint density at radius 2 is 1.70 bits per heavy atom. The number of non-ortho nitro benzene ring substituents is 1. The van der Waals surface area contributed by atoms with Crippen molar-refractivity contribution in [2.75, 3.05) is 6.61 Å². The zero-order chi connectivity index (χ0) is 21.3. The lowest BCUT2D eigenvalue weighted by Crippen LogP contribution is -2.13. The van der Waals surface area contributed by atoms with Crippen molar-refractivity contribution in [1.29, 1.82) is 0 Å². The zero-order valence-electron chi connectivity index (χ0n) is 16.5. The minimum atomic E-state index is -0.420. The molecule has 0 aliphatic carbocycles. The Morgan fingerprint density at radius 1 is 1.00 bits per heavy atom. The third-order valence-corrected chi connectivity index (χ3v) is 5.09. The summed E-state index contributed by atoms with van der Waals surface area (Å²) in [6.07, 6.45) is 3.55. The number of pyridine rings is 1. The van der Waals surface area contributed by atoms with Crippen molar-refractivity contribution in [3.8, 4) is 11.5 Å². The van der Waals surface area contributed by atoms with Crippen LogP contribution in [-0.4, -0.2) is 16.5 Å². The highest BCUT2D eigenvalue weighted by Gasteiger charge is 2.12. The van der Waals surface area contributed by atoms with E-state index in [0.717, 1.165) is 27.7 Å². The number of nitro benzene ring substituents is 1. The van der Waals surface area contributed by atoms with E-state index in [4.69, 9.17) is 9.47 Å². The second kappa shape index (κ2) is 10.7. The minimum absolute atomic E-state index is 0.0557. The van der Waals surface area contributed by atoms with Crippen LogP contribution in [0.5, 0.6) is 11.5 Å². The smallest absolute Gasteiger partial charge is 0.269 e. The van der Waals surface area contributed by atoms with E-state index in [1.807, 2.05) is 31.2 Å². The summed E-state index contributed by atoms with van der Waals surface area (Å²) < 4.78 is 12.6. The first-order valence-electron chi connectivity index (χ1n) is 9.47. The second-order valence-corrected chi connectivity index (χ2v) is 7.35. The van der Waals surface area contributed by atoms with Gasteiger partial charge in [-0.1, -0.05) is 15.9 Å². The van der Waals surface area contributed by atoms with Crippen molar-refractivity contribution in [2.45, 2.75) is 26.6 Å². The summed E-state index contributed by atoms with van der Waals surface area (Å²) in [6.45, 7) is 4.11. The van der Waals surface area contributed by atoms with Gasteiger partial charge in [0.1, 0.15) is 6.61 Å². The molecule has 156 valence electrons. The number of nitro groups is 1. The zero-order valence-corrected chi connectivity index (χ0v) is 18.1. The van der Waals surface area contributed by atoms with E-state index in [9.17, 15) is 10.1 Å². The number of ether oxygens (including phenoxy) is 2. The van der Waals surface area contributed by atoms with Crippen molar-refractivity contribution < 1.29 is 14.4 Å². The van der Waals surface area contributed by atoms with E-state index in [1.165, 1.54) is 12.1 Å². The summed E-state index contributed by atoms with van der Waals surface area (Å²) in [4.78, 5) is 14.4. The number of hydrogen-bond donors (Lipinski definition) is 1. The molecule has 0 amide bonds. The monoisotopic (exact) mass is 471 g/mol. The number of halogens is 1. The van der Waals surface area contributed by atoms with Gasteiger partial charge in [-0.15, -0.1) is 0 Å². The molecule has 0 saturated heterocycles. The summed E-state index contributed by atoms with van der Waals surface area (Å²) in [5, 5.41) is 14.2. The van der Waals surface area contributed by atoms with Gasteiger partial charge in [-0.05, 0) is 60.0 Å². The van der Waals surface area contributed by atoms with Crippen LogP contribution >= 0.6 is 15.9 Å². The number of rotatable bonds is 10. The summed E-state index contributed by atoms with van der Waals surface area (Å²) in [5.74, 6) is 1.27. The fraction of sp³-hybridized carbons (Fsp3) is 0.227. The lowest BCUT2D eigenvalue weighted by molar-refractivity contribution is -0.384. The summed E-state index contributed by atoms with van der Waals surface area (Å²) in [5.41, 5.74) is 3.10. The molecule has 7 nitrogen and oxygen atoms in total. The molecule has 1 aromatic heterocycles. The highest BCUT2D eigenvalue weighted by atomic mass is 79.9. The Balaban J connectivity index is 1.66. The van der Waals surface area contributed by atoms with Crippen molar-refractivity contribution in [3.63, 3.8) is 0 Å². The molecule has 1 heterocycles. The fourth-order valence-electron chi connectivity index (χ4n) is 2.81. The molecule has 0 unspecified atom stereocenters. The normalized spacial score (nSPS) is 10.6. The van der Waals surface area contributed by atoms with Gasteiger partial charge < -0.3 is 14.8 Å². The second-order valence-electron chi connectivity index (χ2n) is 6.49. The standard InChI is InChI=1S/C22H22BrN3O4/c1-2-29-21-11-18(14-25-13-16-7-9-24-10-8-16)20(23)12-22(21)30-15-17-3-5-19(6-4-17)26(27)28/h3-12,25H,2,13-15H2,1H3. The predicted molar refractivity (Wildman–Crippen MR) is 118 cm³/mol. The van der Waals surface area contributed by atoms with E-state index >= 15 is 0 Å². The average Bonchev–Trinajstić information content (AvgIpc) is 2.76. The lowest BCUT2D eigenvalue weighted by atomic mass is 10.2. The third kappa shape index (κ3) is 6.01. The van der Waals surface area contributed by atoms with Gasteiger partial charge in [0.25, 0.3) is 5.69 Å². The number of hydrogen-bond acceptors (Lipinski definition) is 6. The molecule has 0 spiro atoms. The summed E-state index contributed by atoms with van der Waals surface area (Å²) in [6, 6.07) is 14.1. The van der Waals surface area contributed by atoms with E-state index in [1.54, 1.807) is 24.5 Å². The van der Waals surface area contributed by atoms with E-state index < -0.39 is 4.92 Å². The largest absolute Gasteiger partial charge is 0.490 e. The number of aromatic nitrogens is 1. The average molecular weight is 472 g/mol. The molecule has 30 heavy (non-hydrogen) atoms. The first-order valence-corrected chi connectivity index (χ1v) is 10.3. The Morgan fingerprint density at radius 3 is 2.37 bits per heavy atom. The summed E-state index contributed by atoms with van der Waals surface area (Å²) >= 11 is 3.61. The van der Waals surface area contributed by atoms with Crippen molar-refractivity contribution in [2.24, 2.45) is 0 Å². The molecule has 0 bridgehead atoms. The number of nitrogens with one attached hydrogen (secondary N) is 1. The third-order valence-electron chi connectivity index (χ3n) is 4.35. The Labute approximate surface area is 183 Å². The molecule has 0 saturated carbocycles. The molecule has 0 atom stereocenters. The van der Waals surface area contributed by atoms with Gasteiger partial charge in [0.2, 0.25) is 0 Å². The first kappa shape index (κ1) is 21.7. The molecule has 0 fully saturated rings. The molecule has 2 aromatic carbocycles. The van der Waals surface area contributed by atoms with E-state index in [0.29, 0.717) is 24.7 Å². The van der Waals surface area contributed by atoms with E-state index in [2.05, 4.69) is 26.2 Å². The predicted octanol–water partition coefficient (Wildman–Crippen LogP) is 5.02. The van der Waals surface area contributed by atoms with Gasteiger partial charge in [-0.2, -0.15) is 0 Å². The number of benzene rings is 2. The fourth-order valence-corrected chi connectivity index (χ4v) is 3.27. The SMILES string of the molecule is CCOc1cc(CNCc2ccncc2)c(Br)cc1OCc1ccc([N+](=O)[O-])cc1. The molecule has 0 radical (unpaired) electrons. The molecule has 1 N–H and O–H groups in total. The highest BCUT2D eigenvalue weighted by Crippen LogP contribution is 2.34. The van der Waals surface area contributed by atoms with Gasteiger partial charge >= 0.3 is 0 Å². The Bertz CT molecular complexity index is 982. The van der Waals surface area contributed by atoms with Crippen molar-refractivity contribution >= 4 is 21.6 Å². The maximum atomic E-state index is 10.8. The molecular formula is C22H22BrN3O4. The molecule has 0 aliphatic heterocycles. The van der Waals surface area contributed by atoms with Crippen molar-refractivity contribution in [1.82, 2.24) is 10.3 Å². The molecule has 8 heteroatoms. The van der Waals surface area contributed by atoms with Crippen LogP contribution < -0.4 is 14.8 Å². The van der Waals surface area contributed by atoms with Gasteiger partial charge in [0, 0.05) is 42.1 Å². The molecule has 3 rings (SSSR count). The maximum absolute atomic E-state index is 10.8. The molecular weight excluding hydrogens is 450 g/mol. The Hall–Kier alpha value is -2.97. The van der Waals surface area contributed by atoms with Crippen LogP contribution in [0.4, 0.5) is 5.69 Å². The van der Waals surface area contributed by atoms with Gasteiger partial charge in [0.05, 0.1) is 11.5 Å². The minimum Gasteiger partial charge on any atom is -0.490 e. The molecule has 3 aromatic rings. The van der Waals surface area contributed by atoms with Crippen molar-refractivity contribution in [3.05, 3.63) is 92.2 Å². The molecule has 0 aliphatic rings. The van der Waals surface area contributed by atoms with Gasteiger partial charge in [-0.3, -0.25) is 15.1 Å². The van der Waals surface area contributed by atoms with Crippen LogP contribution in [0, 0.1) is 10.1 Å². The Kier molecular flexibility index (Phi) is 7.75. The van der Waals surface area contributed by atoms with Crippen LogP contribution in [0.3, 0.4) is 0 Å². The van der Waals surface area contributed by atoms with Crippen LogP contribution in [0.2, 0.25) is 0 Å². The quantitative estimate of drug-likeness (QED) is 0.330. The van der Waals surface area contributed by atoms with Crippen LogP contribution in [-0.2, 0) is 19.7 Å². The maximum Gasteiger partial charge on any atom is 0.269 e. The van der Waals surface area contributed by atoms with Gasteiger partial charge in [-0.25, -0.2) is 0 Å². The van der Waals surface area contributed by atoms with Gasteiger partial charge in [0.15, 0.2) is 11.5 Å². The number of nitrogens with zero attached hydrogens (tertiary/aromatic N) is 2. The van der Waals surface area contributed by atoms with Crippen LogP contribution in [0.25, 0.3) is 0 Å². The highest BCUT2D eigenvalue weighted by molar-refractivity contribution is 9.10.